The van der Waals surface area contributed by atoms with Gasteiger partial charge in [0, 0.05) is 5.02 Å². The third-order valence-corrected chi connectivity index (χ3v) is 7.51. The molecule has 3 aromatic rings. The number of benzene rings is 3. The molecule has 0 aliphatic carbocycles. The Morgan fingerprint density at radius 2 is 1.84 bits per heavy atom. The largest absolute Gasteiger partial charge is 0.490 e. The molecule has 0 unspecified atom stereocenters. The monoisotopic (exact) mass is 675 g/mol. The van der Waals surface area contributed by atoms with Crippen molar-refractivity contribution in [3.8, 4) is 11.5 Å². The first-order valence-corrected chi connectivity index (χ1v) is 13.5. The minimum Gasteiger partial charge on any atom is -0.490 e. The van der Waals surface area contributed by atoms with Crippen molar-refractivity contribution < 1.29 is 27.4 Å². The first kappa shape index (κ1) is 27.7. The highest BCUT2D eigenvalue weighted by atomic mass is 127. The van der Waals surface area contributed by atoms with E-state index in [2.05, 4.69) is 22.6 Å². The zero-order chi connectivity index (χ0) is 26.7. The van der Waals surface area contributed by atoms with Crippen molar-refractivity contribution in [2.45, 2.75) is 19.7 Å². The van der Waals surface area contributed by atoms with E-state index in [-0.39, 0.29) is 14.9 Å². The number of carbonyl (C=O) groups excluding carboxylic acids is 1. The number of alkyl halides is 3. The molecular weight excluding hydrogens is 658 g/mol. The van der Waals surface area contributed by atoms with Gasteiger partial charge in [-0.05, 0) is 89.2 Å². The summed E-state index contributed by atoms with van der Waals surface area (Å²) in [4.78, 5) is 14.5. The number of thioether (sulfide) groups is 1. The molecule has 4 nitrogen and oxygen atoms in total. The summed E-state index contributed by atoms with van der Waals surface area (Å²) in [5.74, 6) is 0.569. The number of halogens is 5. The van der Waals surface area contributed by atoms with E-state index in [1.165, 1.54) is 12.1 Å². The molecule has 0 atom stereocenters. The number of amides is 1. The van der Waals surface area contributed by atoms with Gasteiger partial charge >= 0.3 is 6.18 Å². The predicted octanol–water partition coefficient (Wildman–Crippen LogP) is 8.35. The van der Waals surface area contributed by atoms with E-state index in [1.54, 1.807) is 24.3 Å². The number of nitrogens with zero attached hydrogens (tertiary/aromatic N) is 1. The average Bonchev–Trinajstić information content (AvgIpc) is 3.12. The lowest BCUT2D eigenvalue weighted by Gasteiger charge is -2.16. The standard InChI is InChI=1S/C26H18ClF3INO3S2/c1-2-34-21-11-16(10-20(31)23(21)35-14-15-6-8-18(27)9-7-15)12-22-24(33)32(25(36)37-22)19-5-3-4-17(13-19)26(28,29)30/h3-13H,2,14H2,1H3/b22-12-. The fraction of sp³-hybridized carbons (Fsp3) is 0.154. The van der Waals surface area contributed by atoms with Crippen molar-refractivity contribution >= 4 is 80.2 Å². The van der Waals surface area contributed by atoms with Crippen molar-refractivity contribution in [3.63, 3.8) is 0 Å². The molecular formula is C26H18ClF3INO3S2. The van der Waals surface area contributed by atoms with Gasteiger partial charge in [0.2, 0.25) is 0 Å². The molecule has 0 N–H and O–H groups in total. The second-order valence-corrected chi connectivity index (χ2v) is 11.0. The summed E-state index contributed by atoms with van der Waals surface area (Å²) in [7, 11) is 0. The Bertz CT molecular complexity index is 1380. The van der Waals surface area contributed by atoms with Gasteiger partial charge in [-0.25, -0.2) is 0 Å². The SMILES string of the molecule is CCOc1cc(/C=C2\SC(=S)N(c3cccc(C(F)(F)F)c3)C2=O)cc(I)c1OCc1ccc(Cl)cc1. The Balaban J connectivity index is 1.60. The Labute approximate surface area is 239 Å². The first-order valence-electron chi connectivity index (χ1n) is 10.9. The Morgan fingerprint density at radius 3 is 2.51 bits per heavy atom. The van der Waals surface area contributed by atoms with Gasteiger partial charge in [-0.2, -0.15) is 13.2 Å². The van der Waals surface area contributed by atoms with Crippen LogP contribution in [0.4, 0.5) is 18.9 Å². The van der Waals surface area contributed by atoms with Crippen molar-refractivity contribution in [2.75, 3.05) is 11.5 Å². The number of thiocarbonyl (C=S) groups is 1. The molecule has 1 amide bonds. The molecule has 1 saturated heterocycles. The first-order chi connectivity index (χ1) is 17.6. The lowest BCUT2D eigenvalue weighted by molar-refractivity contribution is -0.137. The maximum atomic E-state index is 13.2. The summed E-state index contributed by atoms with van der Waals surface area (Å²) < 4.78 is 52.3. The summed E-state index contributed by atoms with van der Waals surface area (Å²) in [6, 6.07) is 15.4. The second-order valence-electron chi connectivity index (χ2n) is 7.74. The fourth-order valence-electron chi connectivity index (χ4n) is 3.47. The molecule has 0 saturated carbocycles. The molecule has 1 aliphatic rings. The maximum absolute atomic E-state index is 13.2. The van der Waals surface area contributed by atoms with Gasteiger partial charge in [-0.3, -0.25) is 9.69 Å². The second kappa shape index (κ2) is 11.6. The van der Waals surface area contributed by atoms with Gasteiger partial charge in [0.15, 0.2) is 15.8 Å². The van der Waals surface area contributed by atoms with Gasteiger partial charge < -0.3 is 9.47 Å². The Hall–Kier alpha value is -2.28. The zero-order valence-corrected chi connectivity index (χ0v) is 23.7. The van der Waals surface area contributed by atoms with E-state index in [0.717, 1.165) is 37.9 Å². The molecule has 0 spiro atoms. The van der Waals surface area contributed by atoms with Gasteiger partial charge in [-0.15, -0.1) is 0 Å². The van der Waals surface area contributed by atoms with Crippen LogP contribution in [0.15, 0.2) is 65.6 Å². The van der Waals surface area contributed by atoms with E-state index >= 15 is 0 Å². The molecule has 1 fully saturated rings. The number of hydrogen-bond donors (Lipinski definition) is 0. The minimum absolute atomic E-state index is 0.0660. The number of rotatable bonds is 7. The van der Waals surface area contributed by atoms with Crippen LogP contribution >= 0.6 is 58.2 Å². The van der Waals surface area contributed by atoms with Crippen LogP contribution in [0.3, 0.4) is 0 Å². The van der Waals surface area contributed by atoms with Crippen LogP contribution in [0.25, 0.3) is 6.08 Å². The Kier molecular flexibility index (Phi) is 8.72. The van der Waals surface area contributed by atoms with Gasteiger partial charge in [-0.1, -0.05) is 53.8 Å². The summed E-state index contributed by atoms with van der Waals surface area (Å²) in [5.41, 5.74) is 0.811. The topological polar surface area (TPSA) is 38.8 Å². The third kappa shape index (κ3) is 6.60. The summed E-state index contributed by atoms with van der Waals surface area (Å²) in [5, 5.41) is 0.635. The minimum atomic E-state index is -4.53. The van der Waals surface area contributed by atoms with Crippen molar-refractivity contribution in [1.82, 2.24) is 0 Å². The van der Waals surface area contributed by atoms with E-state index in [0.29, 0.717) is 35.3 Å². The molecule has 0 aromatic heterocycles. The molecule has 3 aromatic carbocycles. The molecule has 11 heteroatoms. The quantitative estimate of drug-likeness (QED) is 0.143. The summed E-state index contributed by atoms with van der Waals surface area (Å²) >= 11 is 14.4. The number of carbonyl (C=O) groups is 1. The van der Waals surface area contributed by atoms with Gasteiger partial charge in [0.25, 0.3) is 5.91 Å². The smallest absolute Gasteiger partial charge is 0.416 e. The highest BCUT2D eigenvalue weighted by molar-refractivity contribution is 14.1. The molecule has 4 rings (SSSR count). The van der Waals surface area contributed by atoms with Crippen molar-refractivity contribution in [1.29, 1.82) is 0 Å². The fourth-order valence-corrected chi connectivity index (χ4v) is 5.68. The molecule has 0 radical (unpaired) electrons. The van der Waals surface area contributed by atoms with Crippen LogP contribution in [0.5, 0.6) is 11.5 Å². The lowest BCUT2D eigenvalue weighted by atomic mass is 10.1. The van der Waals surface area contributed by atoms with E-state index < -0.39 is 17.6 Å². The van der Waals surface area contributed by atoms with Gasteiger partial charge in [0.05, 0.1) is 26.3 Å². The summed E-state index contributed by atoms with van der Waals surface area (Å²) in [6.45, 7) is 2.56. The number of ether oxygens (including phenoxy) is 2. The third-order valence-electron chi connectivity index (χ3n) is 5.15. The van der Waals surface area contributed by atoms with Crippen LogP contribution in [0.1, 0.15) is 23.6 Å². The van der Waals surface area contributed by atoms with Gasteiger partial charge in [0.1, 0.15) is 6.61 Å². The van der Waals surface area contributed by atoms with Crippen molar-refractivity contribution in [2.24, 2.45) is 0 Å². The predicted molar refractivity (Wildman–Crippen MR) is 153 cm³/mol. The summed E-state index contributed by atoms with van der Waals surface area (Å²) in [6.07, 6.45) is -2.89. The zero-order valence-electron chi connectivity index (χ0n) is 19.1. The normalized spacial score (nSPS) is 15.0. The maximum Gasteiger partial charge on any atom is 0.416 e. The van der Waals surface area contributed by atoms with E-state index in [9.17, 15) is 18.0 Å². The number of anilines is 1. The molecule has 37 heavy (non-hydrogen) atoms. The Morgan fingerprint density at radius 1 is 1.11 bits per heavy atom. The van der Waals surface area contributed by atoms with Crippen LogP contribution in [-0.2, 0) is 17.6 Å². The van der Waals surface area contributed by atoms with Crippen LogP contribution in [-0.4, -0.2) is 16.8 Å². The van der Waals surface area contributed by atoms with Crippen LogP contribution in [0.2, 0.25) is 5.02 Å². The average molecular weight is 676 g/mol. The van der Waals surface area contributed by atoms with Crippen molar-refractivity contribution in [3.05, 3.63) is 90.9 Å². The van der Waals surface area contributed by atoms with E-state index in [4.69, 9.17) is 33.3 Å². The molecule has 1 aliphatic heterocycles. The highest BCUT2D eigenvalue weighted by Gasteiger charge is 2.36. The molecule has 192 valence electrons. The molecule has 1 heterocycles. The lowest BCUT2D eigenvalue weighted by Crippen LogP contribution is -2.27. The number of hydrogen-bond acceptors (Lipinski definition) is 5. The molecule has 0 bridgehead atoms. The highest BCUT2D eigenvalue weighted by Crippen LogP contribution is 2.40. The van der Waals surface area contributed by atoms with E-state index in [1.807, 2.05) is 25.1 Å². The van der Waals surface area contributed by atoms with Crippen LogP contribution < -0.4 is 14.4 Å². The van der Waals surface area contributed by atoms with Crippen LogP contribution in [0, 0.1) is 3.57 Å².